The van der Waals surface area contributed by atoms with Crippen LogP contribution in [0.5, 0.6) is 0 Å². The van der Waals surface area contributed by atoms with Gasteiger partial charge in [0.05, 0.1) is 0 Å². The molecule has 2 aliphatic rings. The first-order chi connectivity index (χ1) is 6.66. The van der Waals surface area contributed by atoms with Gasteiger partial charge in [-0.15, -0.1) is 0 Å². The van der Waals surface area contributed by atoms with Gasteiger partial charge >= 0.3 is 0 Å². The summed E-state index contributed by atoms with van der Waals surface area (Å²) in [4.78, 5) is 2.58. The molecule has 82 valence electrons. The van der Waals surface area contributed by atoms with Crippen LogP contribution in [0, 0.1) is 5.41 Å². The molecule has 0 aromatic rings. The second kappa shape index (κ2) is 4.42. The fraction of sp³-hybridized carbons (Fsp3) is 1.00. The fourth-order valence-corrected chi connectivity index (χ4v) is 3.46. The second-order valence-electron chi connectivity index (χ2n) is 5.39. The summed E-state index contributed by atoms with van der Waals surface area (Å²) in [5, 5.41) is 3.60. The van der Waals surface area contributed by atoms with Crippen LogP contribution in [0.3, 0.4) is 0 Å². The minimum absolute atomic E-state index is 0.592. The van der Waals surface area contributed by atoms with Crippen LogP contribution in [0.25, 0.3) is 0 Å². The fourth-order valence-electron chi connectivity index (χ4n) is 2.47. The summed E-state index contributed by atoms with van der Waals surface area (Å²) in [7, 11) is 0. The lowest BCUT2D eigenvalue weighted by Crippen LogP contribution is -2.54. The molecule has 1 unspecified atom stereocenters. The molecule has 2 aliphatic heterocycles. The average molecular weight is 214 g/mol. The minimum Gasteiger partial charge on any atom is -0.312 e. The molecular weight excluding hydrogens is 192 g/mol. The first-order valence-corrected chi connectivity index (χ1v) is 6.85. The zero-order valence-electron chi connectivity index (χ0n) is 9.38. The van der Waals surface area contributed by atoms with Gasteiger partial charge in [-0.2, -0.15) is 11.8 Å². The van der Waals surface area contributed by atoms with E-state index >= 15 is 0 Å². The van der Waals surface area contributed by atoms with Crippen molar-refractivity contribution in [2.45, 2.75) is 26.3 Å². The van der Waals surface area contributed by atoms with Crippen LogP contribution in [-0.2, 0) is 0 Å². The number of nitrogens with zero attached hydrogens (tertiary/aromatic N) is 1. The van der Waals surface area contributed by atoms with E-state index in [2.05, 4.69) is 35.8 Å². The second-order valence-corrected chi connectivity index (χ2v) is 6.54. The largest absolute Gasteiger partial charge is 0.312 e. The molecule has 1 atom stereocenters. The van der Waals surface area contributed by atoms with Crippen LogP contribution in [-0.4, -0.2) is 48.6 Å². The van der Waals surface area contributed by atoms with Gasteiger partial charge in [-0.1, -0.05) is 13.8 Å². The van der Waals surface area contributed by atoms with Crippen LogP contribution < -0.4 is 5.32 Å². The van der Waals surface area contributed by atoms with Gasteiger partial charge in [0.2, 0.25) is 0 Å². The molecule has 3 heteroatoms. The molecule has 0 radical (unpaired) electrons. The van der Waals surface area contributed by atoms with Gasteiger partial charge in [0.15, 0.2) is 0 Å². The van der Waals surface area contributed by atoms with Gasteiger partial charge in [0, 0.05) is 37.2 Å². The van der Waals surface area contributed by atoms with Crippen molar-refractivity contribution in [3.63, 3.8) is 0 Å². The summed E-state index contributed by atoms with van der Waals surface area (Å²) in [6, 6.07) is 0.775. The molecule has 0 aromatic heterocycles. The highest BCUT2D eigenvalue weighted by Crippen LogP contribution is 2.28. The first-order valence-electron chi connectivity index (χ1n) is 5.69. The smallest absolute Gasteiger partial charge is 0.0170 e. The van der Waals surface area contributed by atoms with Gasteiger partial charge in [-0.05, 0) is 18.4 Å². The van der Waals surface area contributed by atoms with Gasteiger partial charge < -0.3 is 10.2 Å². The number of likely N-dealkylation sites (tertiary alicyclic amines) is 1. The molecule has 0 spiro atoms. The highest BCUT2D eigenvalue weighted by molar-refractivity contribution is 7.99. The molecule has 14 heavy (non-hydrogen) atoms. The first kappa shape index (κ1) is 10.8. The van der Waals surface area contributed by atoms with Crippen LogP contribution in [0.1, 0.15) is 20.3 Å². The van der Waals surface area contributed by atoms with E-state index in [1.807, 2.05) is 0 Å². The van der Waals surface area contributed by atoms with E-state index in [4.69, 9.17) is 0 Å². The molecule has 2 heterocycles. The Balaban J connectivity index is 1.59. The predicted octanol–water partition coefficient (Wildman–Crippen LogP) is 1.42. The summed E-state index contributed by atoms with van der Waals surface area (Å²) in [6.45, 7) is 9.82. The molecule has 0 aromatic carbocycles. The van der Waals surface area contributed by atoms with Gasteiger partial charge in [0.25, 0.3) is 0 Å². The molecule has 0 saturated carbocycles. The zero-order chi connectivity index (χ0) is 10.0. The average Bonchev–Trinajstić information content (AvgIpc) is 2.13. The van der Waals surface area contributed by atoms with E-state index in [1.165, 1.54) is 44.1 Å². The van der Waals surface area contributed by atoms with Crippen LogP contribution in [0.4, 0.5) is 0 Å². The maximum atomic E-state index is 3.60. The predicted molar refractivity (Wildman–Crippen MR) is 64.0 cm³/mol. The molecule has 2 saturated heterocycles. The standard InChI is InChI=1S/C11H22N2S/c1-11(2)8-13(9-11)5-3-10-7-14-6-4-12-10/h10,12H,3-9H2,1-2H3. The Morgan fingerprint density at radius 2 is 2.21 bits per heavy atom. The van der Waals surface area contributed by atoms with E-state index in [0.717, 1.165) is 6.04 Å². The van der Waals surface area contributed by atoms with Crippen molar-refractivity contribution in [3.8, 4) is 0 Å². The highest BCUT2D eigenvalue weighted by atomic mass is 32.2. The highest BCUT2D eigenvalue weighted by Gasteiger charge is 2.33. The van der Waals surface area contributed by atoms with Gasteiger partial charge in [-0.3, -0.25) is 0 Å². The minimum atomic E-state index is 0.592. The number of hydrogen-bond donors (Lipinski definition) is 1. The molecule has 2 rings (SSSR count). The molecule has 0 aliphatic carbocycles. The lowest BCUT2D eigenvalue weighted by atomic mass is 9.84. The monoisotopic (exact) mass is 214 g/mol. The maximum absolute atomic E-state index is 3.60. The Hall–Kier alpha value is 0.270. The van der Waals surface area contributed by atoms with E-state index in [9.17, 15) is 0 Å². The van der Waals surface area contributed by atoms with Crippen molar-refractivity contribution in [2.24, 2.45) is 5.41 Å². The summed E-state index contributed by atoms with van der Waals surface area (Å²) in [6.07, 6.45) is 1.34. The molecule has 1 N–H and O–H groups in total. The third-order valence-electron chi connectivity index (χ3n) is 3.10. The van der Waals surface area contributed by atoms with Crippen LogP contribution in [0.15, 0.2) is 0 Å². The van der Waals surface area contributed by atoms with Crippen molar-refractivity contribution in [1.29, 1.82) is 0 Å². The summed E-state index contributed by atoms with van der Waals surface area (Å²) >= 11 is 2.10. The molecule has 2 fully saturated rings. The third-order valence-corrected chi connectivity index (χ3v) is 4.23. The molecule has 2 nitrogen and oxygen atoms in total. The Morgan fingerprint density at radius 1 is 1.43 bits per heavy atom. The van der Waals surface area contributed by atoms with Crippen LogP contribution >= 0.6 is 11.8 Å². The van der Waals surface area contributed by atoms with Crippen molar-refractivity contribution >= 4 is 11.8 Å². The third kappa shape index (κ3) is 2.88. The topological polar surface area (TPSA) is 15.3 Å². The SMILES string of the molecule is CC1(C)CN(CCC2CSCCN2)C1. The lowest BCUT2D eigenvalue weighted by Gasteiger charge is -2.46. The maximum Gasteiger partial charge on any atom is 0.0170 e. The van der Waals surface area contributed by atoms with Crippen molar-refractivity contribution in [2.75, 3.05) is 37.7 Å². The molecule has 0 bridgehead atoms. The van der Waals surface area contributed by atoms with Gasteiger partial charge in [0.1, 0.15) is 0 Å². The van der Waals surface area contributed by atoms with Crippen molar-refractivity contribution in [1.82, 2.24) is 10.2 Å². The van der Waals surface area contributed by atoms with Gasteiger partial charge in [-0.25, -0.2) is 0 Å². The Bertz CT molecular complexity index is 180. The number of rotatable bonds is 3. The van der Waals surface area contributed by atoms with Crippen LogP contribution in [0.2, 0.25) is 0 Å². The Labute approximate surface area is 91.8 Å². The quantitative estimate of drug-likeness (QED) is 0.765. The Morgan fingerprint density at radius 3 is 2.79 bits per heavy atom. The number of nitrogens with one attached hydrogen (secondary N) is 1. The number of hydrogen-bond acceptors (Lipinski definition) is 3. The zero-order valence-corrected chi connectivity index (χ0v) is 10.2. The summed E-state index contributed by atoms with van der Waals surface area (Å²) in [5.41, 5.74) is 0.592. The van der Waals surface area contributed by atoms with Crippen molar-refractivity contribution < 1.29 is 0 Å². The van der Waals surface area contributed by atoms with E-state index in [0.29, 0.717) is 5.41 Å². The lowest BCUT2D eigenvalue weighted by molar-refractivity contribution is 0.0287. The van der Waals surface area contributed by atoms with Crippen molar-refractivity contribution in [3.05, 3.63) is 0 Å². The van der Waals surface area contributed by atoms with E-state index in [1.54, 1.807) is 0 Å². The summed E-state index contributed by atoms with van der Waals surface area (Å²) in [5.74, 6) is 2.62. The molecule has 0 amide bonds. The van der Waals surface area contributed by atoms with E-state index in [-0.39, 0.29) is 0 Å². The normalized spacial score (nSPS) is 32.6. The number of thioether (sulfide) groups is 1. The Kier molecular flexibility index (Phi) is 3.40. The molecular formula is C11H22N2S. The van der Waals surface area contributed by atoms with E-state index < -0.39 is 0 Å². The summed E-state index contributed by atoms with van der Waals surface area (Å²) < 4.78 is 0.